The quantitative estimate of drug-likeness (QED) is 0.548. The molecule has 1 aromatic carbocycles. The van der Waals surface area contributed by atoms with E-state index in [1.807, 2.05) is 36.4 Å². The molecule has 0 aliphatic heterocycles. The predicted octanol–water partition coefficient (Wildman–Crippen LogP) is 4.35. The zero-order chi connectivity index (χ0) is 10.8. The highest BCUT2D eigenvalue weighted by molar-refractivity contribution is 14.1. The summed E-state index contributed by atoms with van der Waals surface area (Å²) >= 11 is 7.00. The van der Waals surface area contributed by atoms with E-state index in [4.69, 9.17) is 0 Å². The molecule has 0 saturated carbocycles. The number of ketones is 1. The largest absolute Gasteiger partial charge is 0.288 e. The van der Waals surface area contributed by atoms with Gasteiger partial charge in [-0.3, -0.25) is 4.79 Å². The highest BCUT2D eigenvalue weighted by Crippen LogP contribution is 2.25. The van der Waals surface area contributed by atoms with Gasteiger partial charge >= 0.3 is 0 Å². The Labute approximate surface area is 114 Å². The number of halogens is 2. The molecule has 0 unspecified atom stereocenters. The number of hydrogen-bond donors (Lipinski definition) is 0. The second-order valence-electron chi connectivity index (χ2n) is 2.91. The molecule has 0 N–H and O–H groups in total. The van der Waals surface area contributed by atoms with E-state index in [9.17, 15) is 4.79 Å². The molecule has 2 rings (SSSR count). The van der Waals surface area contributed by atoms with Crippen LogP contribution in [0.1, 0.15) is 15.2 Å². The Morgan fingerprint density at radius 2 is 1.93 bits per heavy atom. The second kappa shape index (κ2) is 4.76. The van der Waals surface area contributed by atoms with Gasteiger partial charge in [-0.15, -0.1) is 11.3 Å². The molecule has 0 bridgehead atoms. The third kappa shape index (κ3) is 2.49. The highest BCUT2D eigenvalue weighted by Gasteiger charge is 2.13. The summed E-state index contributed by atoms with van der Waals surface area (Å²) in [5.74, 6) is 0.0932. The fourth-order valence-electron chi connectivity index (χ4n) is 1.21. The van der Waals surface area contributed by atoms with Gasteiger partial charge in [0.15, 0.2) is 0 Å². The van der Waals surface area contributed by atoms with Crippen molar-refractivity contribution in [2.24, 2.45) is 0 Å². The van der Waals surface area contributed by atoms with Gasteiger partial charge in [0.2, 0.25) is 5.78 Å². The lowest BCUT2D eigenvalue weighted by Gasteiger charge is -2.00. The number of carbonyl (C=O) groups excluding carboxylic acids is 1. The molecule has 0 fully saturated rings. The Bertz CT molecular complexity index is 507. The lowest BCUT2D eigenvalue weighted by atomic mass is 10.1. The van der Waals surface area contributed by atoms with E-state index < -0.39 is 0 Å². The van der Waals surface area contributed by atoms with Crippen molar-refractivity contribution in [2.75, 3.05) is 0 Å². The lowest BCUT2D eigenvalue weighted by Crippen LogP contribution is -2.00. The summed E-state index contributed by atoms with van der Waals surface area (Å²) in [5.41, 5.74) is 0.771. The maximum Gasteiger partial charge on any atom is 0.204 e. The van der Waals surface area contributed by atoms with Crippen LogP contribution in [-0.4, -0.2) is 5.78 Å². The van der Waals surface area contributed by atoms with E-state index >= 15 is 0 Å². The molecule has 2 aromatic rings. The first-order chi connectivity index (χ1) is 7.18. The van der Waals surface area contributed by atoms with Crippen molar-refractivity contribution in [3.63, 3.8) is 0 Å². The minimum atomic E-state index is 0.0932. The average molecular weight is 393 g/mol. The molecular formula is C11H6BrIOS. The van der Waals surface area contributed by atoms with Crippen molar-refractivity contribution >= 4 is 55.6 Å². The molecule has 0 amide bonds. The van der Waals surface area contributed by atoms with Gasteiger partial charge in [-0.05, 0) is 62.8 Å². The van der Waals surface area contributed by atoms with Crippen molar-refractivity contribution < 1.29 is 4.79 Å². The van der Waals surface area contributed by atoms with E-state index in [0.29, 0.717) is 0 Å². The van der Waals surface area contributed by atoms with Crippen LogP contribution < -0.4 is 0 Å². The first-order valence-corrected chi connectivity index (χ1v) is 6.92. The van der Waals surface area contributed by atoms with Crippen LogP contribution in [0.25, 0.3) is 0 Å². The summed E-state index contributed by atoms with van der Waals surface area (Å²) in [6.07, 6.45) is 0. The van der Waals surface area contributed by atoms with Gasteiger partial charge in [0.25, 0.3) is 0 Å². The van der Waals surface area contributed by atoms with Crippen molar-refractivity contribution in [2.45, 2.75) is 0 Å². The molecule has 0 aliphatic rings. The topological polar surface area (TPSA) is 17.1 Å². The van der Waals surface area contributed by atoms with Gasteiger partial charge in [-0.2, -0.15) is 0 Å². The summed E-state index contributed by atoms with van der Waals surface area (Å²) in [6.45, 7) is 0. The van der Waals surface area contributed by atoms with Crippen LogP contribution in [-0.2, 0) is 0 Å². The SMILES string of the molecule is O=C(c1ccc(Br)s1)c1ccccc1I. The van der Waals surface area contributed by atoms with E-state index in [-0.39, 0.29) is 5.78 Å². The Morgan fingerprint density at radius 3 is 2.53 bits per heavy atom. The first-order valence-electron chi connectivity index (χ1n) is 4.23. The first kappa shape index (κ1) is 11.3. The number of hydrogen-bond acceptors (Lipinski definition) is 2. The van der Waals surface area contributed by atoms with Gasteiger partial charge in [0.05, 0.1) is 8.66 Å². The Kier molecular flexibility index (Phi) is 3.58. The van der Waals surface area contributed by atoms with Crippen molar-refractivity contribution in [1.29, 1.82) is 0 Å². The minimum absolute atomic E-state index is 0.0932. The number of thiophene rings is 1. The molecule has 0 radical (unpaired) electrons. The van der Waals surface area contributed by atoms with Crippen LogP contribution in [0.3, 0.4) is 0 Å². The summed E-state index contributed by atoms with van der Waals surface area (Å²) in [6, 6.07) is 11.4. The maximum absolute atomic E-state index is 12.1. The number of rotatable bonds is 2. The van der Waals surface area contributed by atoms with E-state index in [1.165, 1.54) is 11.3 Å². The molecule has 76 valence electrons. The maximum atomic E-state index is 12.1. The normalized spacial score (nSPS) is 10.3. The Morgan fingerprint density at radius 1 is 1.20 bits per heavy atom. The van der Waals surface area contributed by atoms with Crippen LogP contribution in [0, 0.1) is 3.57 Å². The Balaban J connectivity index is 2.41. The fraction of sp³-hybridized carbons (Fsp3) is 0. The van der Waals surface area contributed by atoms with Crippen LogP contribution >= 0.6 is 49.9 Å². The molecule has 0 aliphatic carbocycles. The third-order valence-corrected chi connectivity index (χ3v) is 4.48. The molecule has 1 aromatic heterocycles. The highest BCUT2D eigenvalue weighted by atomic mass is 127. The minimum Gasteiger partial charge on any atom is -0.288 e. The average Bonchev–Trinajstić information content (AvgIpc) is 2.65. The van der Waals surface area contributed by atoms with Crippen molar-refractivity contribution in [3.05, 3.63) is 54.2 Å². The molecule has 4 heteroatoms. The summed E-state index contributed by atoms with van der Waals surface area (Å²) in [7, 11) is 0. The van der Waals surface area contributed by atoms with Gasteiger partial charge < -0.3 is 0 Å². The molecule has 1 heterocycles. The fourth-order valence-corrected chi connectivity index (χ4v) is 3.19. The van der Waals surface area contributed by atoms with Crippen LogP contribution in [0.5, 0.6) is 0 Å². The van der Waals surface area contributed by atoms with Crippen LogP contribution in [0.4, 0.5) is 0 Å². The third-order valence-electron chi connectivity index (χ3n) is 1.92. The van der Waals surface area contributed by atoms with Crippen molar-refractivity contribution in [1.82, 2.24) is 0 Å². The monoisotopic (exact) mass is 392 g/mol. The standard InChI is InChI=1S/C11H6BrIOS/c12-10-6-5-9(15-10)11(14)7-3-1-2-4-8(7)13/h1-6H. The molecular weight excluding hydrogens is 387 g/mol. The van der Waals surface area contributed by atoms with Gasteiger partial charge in [-0.1, -0.05) is 12.1 Å². The van der Waals surface area contributed by atoms with Crippen molar-refractivity contribution in [3.8, 4) is 0 Å². The summed E-state index contributed by atoms with van der Waals surface area (Å²) in [5, 5.41) is 0. The zero-order valence-electron chi connectivity index (χ0n) is 7.54. The number of benzene rings is 1. The second-order valence-corrected chi connectivity index (χ2v) is 6.54. The zero-order valence-corrected chi connectivity index (χ0v) is 12.1. The summed E-state index contributed by atoms with van der Waals surface area (Å²) in [4.78, 5) is 12.8. The molecule has 1 nitrogen and oxygen atoms in total. The molecule has 0 saturated heterocycles. The Hall–Kier alpha value is -0.200. The van der Waals surface area contributed by atoms with Gasteiger partial charge in [-0.25, -0.2) is 0 Å². The van der Waals surface area contributed by atoms with Crippen LogP contribution in [0.2, 0.25) is 0 Å². The van der Waals surface area contributed by atoms with Gasteiger partial charge in [0.1, 0.15) is 0 Å². The van der Waals surface area contributed by atoms with E-state index in [1.54, 1.807) is 0 Å². The van der Waals surface area contributed by atoms with Crippen LogP contribution in [0.15, 0.2) is 40.2 Å². The number of carbonyl (C=O) groups is 1. The predicted molar refractivity (Wildman–Crippen MR) is 74.6 cm³/mol. The molecule has 15 heavy (non-hydrogen) atoms. The summed E-state index contributed by atoms with van der Waals surface area (Å²) < 4.78 is 1.97. The molecule has 0 spiro atoms. The lowest BCUT2D eigenvalue weighted by molar-refractivity contribution is 0.104. The van der Waals surface area contributed by atoms with E-state index in [2.05, 4.69) is 38.5 Å². The van der Waals surface area contributed by atoms with Gasteiger partial charge in [0, 0.05) is 9.13 Å². The smallest absolute Gasteiger partial charge is 0.204 e. The molecule has 0 atom stereocenters. The van der Waals surface area contributed by atoms with E-state index in [0.717, 1.165) is 17.8 Å².